The van der Waals surface area contributed by atoms with E-state index in [1.807, 2.05) is 37.3 Å². The highest BCUT2D eigenvalue weighted by Crippen LogP contribution is 2.44. The molecule has 0 heterocycles. The molecule has 3 aromatic rings. The molecule has 30 heavy (non-hydrogen) atoms. The van der Waals surface area contributed by atoms with Crippen molar-refractivity contribution in [1.82, 2.24) is 5.32 Å². The lowest BCUT2D eigenvalue weighted by molar-refractivity contribution is 0.139. The van der Waals surface area contributed by atoms with E-state index in [2.05, 4.69) is 29.6 Å². The van der Waals surface area contributed by atoms with Crippen molar-refractivity contribution in [3.05, 3.63) is 83.4 Å². The first-order valence-electron chi connectivity index (χ1n) is 10.0. The molecule has 0 saturated carbocycles. The lowest BCUT2D eigenvalue weighted by Crippen LogP contribution is -2.35. The molecule has 0 saturated heterocycles. The summed E-state index contributed by atoms with van der Waals surface area (Å²) >= 11 is 0. The number of hydrogen-bond acceptors (Lipinski definition) is 4. The van der Waals surface area contributed by atoms with Crippen LogP contribution in [0.4, 0.5) is 4.79 Å². The zero-order chi connectivity index (χ0) is 21.1. The fourth-order valence-electron chi connectivity index (χ4n) is 4.11. The highest BCUT2D eigenvalue weighted by atomic mass is 16.5. The van der Waals surface area contributed by atoms with Gasteiger partial charge in [0.05, 0.1) is 7.11 Å². The van der Waals surface area contributed by atoms with E-state index in [9.17, 15) is 9.90 Å². The fraction of sp³-hybridized carbons (Fsp3) is 0.240. The number of nitrogens with one attached hydrogen (secondary N) is 1. The van der Waals surface area contributed by atoms with Gasteiger partial charge in [0.15, 0.2) is 11.5 Å². The third-order valence-corrected chi connectivity index (χ3v) is 5.49. The van der Waals surface area contributed by atoms with Crippen molar-refractivity contribution in [3.63, 3.8) is 0 Å². The Morgan fingerprint density at radius 3 is 2.27 bits per heavy atom. The summed E-state index contributed by atoms with van der Waals surface area (Å²) < 4.78 is 10.6. The number of fused-ring (bicyclic) bond motifs is 3. The molecule has 1 amide bonds. The molecule has 1 aliphatic carbocycles. The lowest BCUT2D eigenvalue weighted by Gasteiger charge is -2.17. The molecule has 1 atom stereocenters. The van der Waals surface area contributed by atoms with Gasteiger partial charge in [-0.1, -0.05) is 54.6 Å². The smallest absolute Gasteiger partial charge is 0.407 e. The Hall–Kier alpha value is -3.47. The molecule has 0 spiro atoms. The minimum atomic E-state index is -0.443. The maximum atomic E-state index is 12.4. The summed E-state index contributed by atoms with van der Waals surface area (Å²) in [5, 5.41) is 12.8. The molecular formula is C25H25NO4. The second kappa shape index (κ2) is 8.49. The van der Waals surface area contributed by atoms with Crippen LogP contribution in [0.1, 0.15) is 29.5 Å². The zero-order valence-corrected chi connectivity index (χ0v) is 17.1. The van der Waals surface area contributed by atoms with Crippen LogP contribution in [0, 0.1) is 0 Å². The van der Waals surface area contributed by atoms with Crippen LogP contribution in [0.25, 0.3) is 11.1 Å². The second-order valence-corrected chi connectivity index (χ2v) is 7.58. The van der Waals surface area contributed by atoms with Gasteiger partial charge in [0, 0.05) is 12.0 Å². The number of ether oxygens (including phenoxy) is 2. The van der Waals surface area contributed by atoms with Crippen molar-refractivity contribution in [2.45, 2.75) is 25.3 Å². The van der Waals surface area contributed by atoms with Gasteiger partial charge >= 0.3 is 6.09 Å². The Labute approximate surface area is 176 Å². The molecular weight excluding hydrogens is 378 g/mol. The van der Waals surface area contributed by atoms with E-state index in [0.717, 1.165) is 5.56 Å². The predicted octanol–water partition coefficient (Wildman–Crippen LogP) is 4.87. The molecule has 5 heteroatoms. The van der Waals surface area contributed by atoms with Crippen LogP contribution in [0.2, 0.25) is 0 Å². The Bertz CT molecular complexity index is 1020. The number of benzene rings is 3. The van der Waals surface area contributed by atoms with E-state index in [0.29, 0.717) is 12.2 Å². The first kappa shape index (κ1) is 19.8. The van der Waals surface area contributed by atoms with Crippen LogP contribution in [0.15, 0.2) is 66.7 Å². The standard InChI is InChI=1S/C25H25NO4/c1-16(13-17-11-12-24(29-2)23(27)14-17)26-25(28)30-15-22-20-9-5-3-7-18(20)19-8-4-6-10-21(19)22/h3-12,14,16,22,27H,13,15H2,1-2H3,(H,26,28). The van der Waals surface area contributed by atoms with Gasteiger partial charge in [-0.05, 0) is 53.3 Å². The van der Waals surface area contributed by atoms with Crippen LogP contribution < -0.4 is 10.1 Å². The van der Waals surface area contributed by atoms with Gasteiger partial charge in [-0.15, -0.1) is 0 Å². The molecule has 0 aliphatic heterocycles. The maximum Gasteiger partial charge on any atom is 0.407 e. The summed E-state index contributed by atoms with van der Waals surface area (Å²) in [4.78, 5) is 12.4. The molecule has 4 rings (SSSR count). The van der Waals surface area contributed by atoms with Gasteiger partial charge in [-0.2, -0.15) is 0 Å². The van der Waals surface area contributed by atoms with Gasteiger partial charge in [-0.3, -0.25) is 0 Å². The van der Waals surface area contributed by atoms with E-state index in [-0.39, 0.29) is 24.3 Å². The third-order valence-electron chi connectivity index (χ3n) is 5.49. The van der Waals surface area contributed by atoms with Gasteiger partial charge in [0.1, 0.15) is 6.61 Å². The van der Waals surface area contributed by atoms with Crippen LogP contribution in [0.5, 0.6) is 11.5 Å². The van der Waals surface area contributed by atoms with E-state index in [4.69, 9.17) is 9.47 Å². The van der Waals surface area contributed by atoms with Gasteiger partial charge in [0.2, 0.25) is 0 Å². The summed E-state index contributed by atoms with van der Waals surface area (Å²) in [6.45, 7) is 2.19. The van der Waals surface area contributed by atoms with E-state index < -0.39 is 6.09 Å². The highest BCUT2D eigenvalue weighted by molar-refractivity contribution is 5.79. The molecule has 2 N–H and O–H groups in total. The Balaban J connectivity index is 1.36. The average molecular weight is 403 g/mol. The molecule has 1 aliphatic rings. The van der Waals surface area contributed by atoms with Crippen molar-refractivity contribution in [2.24, 2.45) is 0 Å². The van der Waals surface area contributed by atoms with Crippen LogP contribution in [0.3, 0.4) is 0 Å². The fourth-order valence-corrected chi connectivity index (χ4v) is 4.11. The number of phenols is 1. The molecule has 0 aromatic heterocycles. The van der Waals surface area contributed by atoms with Gasteiger partial charge < -0.3 is 19.9 Å². The van der Waals surface area contributed by atoms with Gasteiger partial charge in [0.25, 0.3) is 0 Å². The molecule has 0 bridgehead atoms. The largest absolute Gasteiger partial charge is 0.504 e. The minimum Gasteiger partial charge on any atom is -0.504 e. The van der Waals surface area contributed by atoms with E-state index >= 15 is 0 Å². The van der Waals surface area contributed by atoms with Crippen molar-refractivity contribution in [3.8, 4) is 22.6 Å². The number of aromatic hydroxyl groups is 1. The zero-order valence-electron chi connectivity index (χ0n) is 17.1. The first-order chi connectivity index (χ1) is 14.6. The topological polar surface area (TPSA) is 67.8 Å². The van der Waals surface area contributed by atoms with Crippen molar-refractivity contribution < 1.29 is 19.4 Å². The number of phenolic OH excluding ortho intramolecular Hbond substituents is 1. The molecule has 0 radical (unpaired) electrons. The minimum absolute atomic E-state index is 0.0389. The second-order valence-electron chi connectivity index (χ2n) is 7.58. The number of hydrogen-bond donors (Lipinski definition) is 2. The number of amides is 1. The van der Waals surface area contributed by atoms with Crippen molar-refractivity contribution in [2.75, 3.05) is 13.7 Å². The van der Waals surface area contributed by atoms with E-state index in [1.165, 1.54) is 29.4 Å². The highest BCUT2D eigenvalue weighted by Gasteiger charge is 2.29. The summed E-state index contributed by atoms with van der Waals surface area (Å²) in [5.74, 6) is 0.552. The summed E-state index contributed by atoms with van der Waals surface area (Å²) in [6, 6.07) is 21.6. The third kappa shape index (κ3) is 3.96. The van der Waals surface area contributed by atoms with Crippen LogP contribution >= 0.6 is 0 Å². The average Bonchev–Trinajstić information content (AvgIpc) is 3.06. The maximum absolute atomic E-state index is 12.4. The normalized spacial score (nSPS) is 13.3. The monoisotopic (exact) mass is 403 g/mol. The summed E-state index contributed by atoms with van der Waals surface area (Å²) in [5.41, 5.74) is 5.69. The molecule has 154 valence electrons. The predicted molar refractivity (Wildman–Crippen MR) is 116 cm³/mol. The number of carbonyl (C=O) groups is 1. The molecule has 5 nitrogen and oxygen atoms in total. The Morgan fingerprint density at radius 1 is 1.03 bits per heavy atom. The quantitative estimate of drug-likeness (QED) is 0.616. The number of rotatable bonds is 6. The molecule has 1 unspecified atom stereocenters. The number of methoxy groups -OCH3 is 1. The number of carbonyl (C=O) groups excluding carboxylic acids is 1. The van der Waals surface area contributed by atoms with Gasteiger partial charge in [-0.25, -0.2) is 4.79 Å². The molecule has 0 fully saturated rings. The Morgan fingerprint density at radius 2 is 1.67 bits per heavy atom. The van der Waals surface area contributed by atoms with Crippen LogP contribution in [-0.2, 0) is 11.2 Å². The number of alkyl carbamates (subject to hydrolysis) is 1. The first-order valence-corrected chi connectivity index (χ1v) is 10.0. The van der Waals surface area contributed by atoms with Crippen LogP contribution in [-0.4, -0.2) is 31.0 Å². The molecule has 3 aromatic carbocycles. The SMILES string of the molecule is COc1ccc(CC(C)NC(=O)OCC2c3ccccc3-c3ccccc32)cc1O. The Kier molecular flexibility index (Phi) is 5.61. The van der Waals surface area contributed by atoms with Crippen molar-refractivity contribution in [1.29, 1.82) is 0 Å². The summed E-state index contributed by atoms with van der Waals surface area (Å²) in [7, 11) is 1.51. The summed E-state index contributed by atoms with van der Waals surface area (Å²) in [6.07, 6.45) is 0.129. The van der Waals surface area contributed by atoms with Crippen molar-refractivity contribution >= 4 is 6.09 Å². The lowest BCUT2D eigenvalue weighted by atomic mass is 9.98. The van der Waals surface area contributed by atoms with E-state index in [1.54, 1.807) is 12.1 Å².